The van der Waals surface area contributed by atoms with Gasteiger partial charge >= 0.3 is 0 Å². The quantitative estimate of drug-likeness (QED) is 0.278. The van der Waals surface area contributed by atoms with Gasteiger partial charge in [0.25, 0.3) is 0 Å². The molecule has 0 N–H and O–H groups in total. The second kappa shape index (κ2) is 6.13. The van der Waals surface area contributed by atoms with Crippen molar-refractivity contribution in [2.75, 3.05) is 0 Å². The first kappa shape index (κ1) is 18.9. The Morgan fingerprint density at radius 1 is 0.571 bits per heavy atom. The van der Waals surface area contributed by atoms with E-state index in [9.17, 15) is 9.59 Å². The van der Waals surface area contributed by atoms with Crippen molar-refractivity contribution >= 4 is 34.3 Å². The monoisotopic (exact) mass is 480 g/mol. The number of benzene rings is 1. The minimum absolute atomic E-state index is 0.117. The Morgan fingerprint density at radius 2 is 0.971 bits per heavy atom. The van der Waals surface area contributed by atoms with Crippen LogP contribution >= 0.6 is 11.7 Å². The Balaban J connectivity index is 1.26. The summed E-state index contributed by atoms with van der Waals surface area (Å²) in [5.41, 5.74) is 4.61. The molecule has 6 aromatic rings. The fourth-order valence-electron chi connectivity index (χ4n) is 4.98. The molecule has 2 aliphatic rings. The maximum absolute atomic E-state index is 12.8. The van der Waals surface area contributed by atoms with Gasteiger partial charge in [-0.2, -0.15) is 8.75 Å². The van der Waals surface area contributed by atoms with Gasteiger partial charge in [-0.3, -0.25) is 9.59 Å². The van der Waals surface area contributed by atoms with Gasteiger partial charge < -0.3 is 17.7 Å². The number of ketones is 2. The zero-order chi connectivity index (χ0) is 23.6. The second-order valence-corrected chi connectivity index (χ2v) is 9.22. The Kier molecular flexibility index (Phi) is 3.31. The van der Waals surface area contributed by atoms with Crippen molar-refractivity contribution in [3.8, 4) is 45.7 Å². The van der Waals surface area contributed by atoms with Crippen LogP contribution in [0.15, 0.2) is 54.1 Å². The zero-order valence-electron chi connectivity index (χ0n) is 18.2. The number of carbonyl (C=O) groups excluding carboxylic acids is 2. The lowest BCUT2D eigenvalue weighted by Crippen LogP contribution is -1.92. The SMILES string of the molecule is Cc1cc2c(o1)-c1oc(-c3ccc(-c4cc5c(o4)-c4oc(C)cc4C5=O)c4nsnc34)cc1C2=O. The van der Waals surface area contributed by atoms with Crippen LogP contribution in [-0.4, -0.2) is 20.3 Å². The molecule has 0 amide bonds. The van der Waals surface area contributed by atoms with Crippen LogP contribution in [0.25, 0.3) is 56.7 Å². The van der Waals surface area contributed by atoms with Crippen molar-refractivity contribution < 1.29 is 27.3 Å². The summed E-state index contributed by atoms with van der Waals surface area (Å²) in [6, 6.07) is 10.6. The smallest absolute Gasteiger partial charge is 0.201 e. The minimum atomic E-state index is -0.117. The van der Waals surface area contributed by atoms with Gasteiger partial charge in [0.2, 0.25) is 11.6 Å². The van der Waals surface area contributed by atoms with E-state index in [1.807, 2.05) is 12.1 Å². The summed E-state index contributed by atoms with van der Waals surface area (Å²) in [6.45, 7) is 3.59. The molecule has 8 rings (SSSR count). The number of furan rings is 4. The fraction of sp³-hybridized carbons (Fsp3) is 0.0769. The Morgan fingerprint density at radius 3 is 1.43 bits per heavy atom. The van der Waals surface area contributed by atoms with E-state index in [0.717, 1.165) is 11.7 Å². The lowest BCUT2D eigenvalue weighted by atomic mass is 10.0. The molecule has 0 saturated carbocycles. The maximum Gasteiger partial charge on any atom is 0.201 e. The molecule has 9 heteroatoms. The molecule has 0 saturated heterocycles. The standard InChI is InChI=1S/C26H12N2O6S/c1-9-5-13-21(29)15-7-17(33-25(15)23(13)31-9)11-3-4-12(20-19(11)27-35-28-20)18-8-16-22(30)14-6-10(2)32-24(14)26(16)34-18/h3-8H,1-2H3. The normalized spacial score (nSPS) is 13.5. The molecule has 0 bridgehead atoms. The summed E-state index contributed by atoms with van der Waals surface area (Å²) in [5.74, 6) is 3.85. The number of hydrogen-bond donors (Lipinski definition) is 0. The van der Waals surface area contributed by atoms with Crippen LogP contribution in [0.2, 0.25) is 0 Å². The number of rotatable bonds is 2. The molecule has 0 atom stereocenters. The molecular weight excluding hydrogens is 468 g/mol. The predicted molar refractivity (Wildman–Crippen MR) is 125 cm³/mol. The van der Waals surface area contributed by atoms with Gasteiger partial charge in [0.05, 0.1) is 34.0 Å². The Bertz CT molecular complexity index is 1790. The van der Waals surface area contributed by atoms with Crippen molar-refractivity contribution in [2.45, 2.75) is 13.8 Å². The third-order valence-electron chi connectivity index (χ3n) is 6.51. The topological polar surface area (TPSA) is 112 Å². The van der Waals surface area contributed by atoms with Gasteiger partial charge in [-0.1, -0.05) is 0 Å². The van der Waals surface area contributed by atoms with Crippen LogP contribution in [0.3, 0.4) is 0 Å². The lowest BCUT2D eigenvalue weighted by molar-refractivity contribution is 0.103. The van der Waals surface area contributed by atoms with Crippen LogP contribution < -0.4 is 0 Å². The summed E-state index contributed by atoms with van der Waals surface area (Å²) in [5, 5.41) is 0. The first-order valence-electron chi connectivity index (χ1n) is 10.8. The van der Waals surface area contributed by atoms with Crippen LogP contribution in [0.4, 0.5) is 0 Å². The summed E-state index contributed by atoms with van der Waals surface area (Å²) < 4.78 is 32.5. The predicted octanol–water partition coefficient (Wildman–Crippen LogP) is 6.44. The van der Waals surface area contributed by atoms with Crippen LogP contribution in [0, 0.1) is 13.8 Å². The van der Waals surface area contributed by atoms with E-state index in [1.165, 1.54) is 0 Å². The van der Waals surface area contributed by atoms with E-state index in [0.29, 0.717) is 90.5 Å². The van der Waals surface area contributed by atoms with Crippen LogP contribution in [0.1, 0.15) is 43.4 Å². The average Bonchev–Trinajstić information content (AvgIpc) is 3.66. The van der Waals surface area contributed by atoms with E-state index in [-0.39, 0.29) is 11.6 Å². The van der Waals surface area contributed by atoms with E-state index >= 15 is 0 Å². The molecule has 8 nitrogen and oxygen atoms in total. The molecule has 1 aromatic carbocycles. The third-order valence-corrected chi connectivity index (χ3v) is 7.04. The molecule has 5 heterocycles. The van der Waals surface area contributed by atoms with Crippen molar-refractivity contribution in [3.63, 3.8) is 0 Å². The molecule has 5 aromatic heterocycles. The largest absolute Gasteiger partial charge is 0.457 e. The zero-order valence-corrected chi connectivity index (χ0v) is 19.0. The second-order valence-electron chi connectivity index (χ2n) is 8.69. The lowest BCUT2D eigenvalue weighted by Gasteiger charge is -2.03. The third kappa shape index (κ3) is 2.30. The number of nitrogens with zero attached hydrogens (tertiary/aromatic N) is 2. The van der Waals surface area contributed by atoms with Gasteiger partial charge in [-0.15, -0.1) is 0 Å². The first-order valence-corrected chi connectivity index (χ1v) is 11.6. The van der Waals surface area contributed by atoms with E-state index in [2.05, 4.69) is 8.75 Å². The van der Waals surface area contributed by atoms with E-state index in [1.54, 1.807) is 38.1 Å². The fourth-order valence-corrected chi connectivity index (χ4v) is 5.55. The number of fused-ring (bicyclic) bond motifs is 7. The van der Waals surface area contributed by atoms with Crippen LogP contribution in [-0.2, 0) is 0 Å². The number of aromatic nitrogens is 2. The van der Waals surface area contributed by atoms with E-state index < -0.39 is 0 Å². The molecule has 2 aliphatic carbocycles. The summed E-state index contributed by atoms with van der Waals surface area (Å²) in [6.07, 6.45) is 0. The molecular formula is C26H12N2O6S. The Labute approximate surface area is 200 Å². The highest BCUT2D eigenvalue weighted by Crippen LogP contribution is 2.46. The number of carbonyl (C=O) groups is 2. The number of hydrogen-bond acceptors (Lipinski definition) is 9. The molecule has 168 valence electrons. The molecule has 0 radical (unpaired) electrons. The van der Waals surface area contributed by atoms with Crippen molar-refractivity contribution in [1.82, 2.24) is 8.75 Å². The summed E-state index contributed by atoms with van der Waals surface area (Å²) in [4.78, 5) is 25.6. The van der Waals surface area contributed by atoms with Gasteiger partial charge in [0.15, 0.2) is 23.0 Å². The van der Waals surface area contributed by atoms with Gasteiger partial charge in [0, 0.05) is 11.1 Å². The highest BCUT2D eigenvalue weighted by Gasteiger charge is 2.37. The van der Waals surface area contributed by atoms with Crippen molar-refractivity contribution in [3.05, 3.63) is 70.2 Å². The Hall–Kier alpha value is -4.50. The molecule has 0 unspecified atom stereocenters. The molecule has 0 spiro atoms. The van der Waals surface area contributed by atoms with Gasteiger partial charge in [-0.25, -0.2) is 0 Å². The molecule has 35 heavy (non-hydrogen) atoms. The molecule has 0 aliphatic heterocycles. The minimum Gasteiger partial charge on any atom is -0.457 e. The molecule has 0 fully saturated rings. The summed E-state index contributed by atoms with van der Waals surface area (Å²) in [7, 11) is 0. The van der Waals surface area contributed by atoms with Crippen molar-refractivity contribution in [2.24, 2.45) is 0 Å². The summed E-state index contributed by atoms with van der Waals surface area (Å²) >= 11 is 1.06. The first-order chi connectivity index (χ1) is 17.0. The highest BCUT2D eigenvalue weighted by atomic mass is 32.1. The maximum atomic E-state index is 12.8. The van der Waals surface area contributed by atoms with Gasteiger partial charge in [-0.05, 0) is 50.2 Å². The average molecular weight is 480 g/mol. The number of aryl methyl sites for hydroxylation is 2. The van der Waals surface area contributed by atoms with Crippen molar-refractivity contribution in [1.29, 1.82) is 0 Å². The highest BCUT2D eigenvalue weighted by molar-refractivity contribution is 7.00. The van der Waals surface area contributed by atoms with E-state index in [4.69, 9.17) is 17.7 Å². The van der Waals surface area contributed by atoms with Crippen LogP contribution in [0.5, 0.6) is 0 Å². The van der Waals surface area contributed by atoms with Gasteiger partial charge in [0.1, 0.15) is 34.1 Å².